The van der Waals surface area contributed by atoms with E-state index in [1.807, 2.05) is 0 Å². The number of aliphatic hydroxyl groups is 2. The first-order valence-electron chi connectivity index (χ1n) is 14.3. The summed E-state index contributed by atoms with van der Waals surface area (Å²) in [7, 11) is 0. The van der Waals surface area contributed by atoms with Crippen molar-refractivity contribution in [1.29, 1.82) is 0 Å². The Morgan fingerprint density at radius 3 is 1.79 bits per heavy atom. The largest absolute Gasteiger partial charge is 0.393 e. The summed E-state index contributed by atoms with van der Waals surface area (Å²) in [6.07, 6.45) is 11.9. The molecule has 1 spiro atoms. The van der Waals surface area contributed by atoms with E-state index in [2.05, 4.69) is 48.5 Å². The molecule has 0 bridgehead atoms. The molecule has 0 aromatic carbocycles. The molecule has 1 heterocycles. The predicted molar refractivity (Wildman–Crippen MR) is 132 cm³/mol. The SMILES string of the molecule is CC12CCC3C(C)(C)C(O)CCC3(C)C1CCC1C3(C)CCC(O)C(C)(C)C3CC3OC31C2. The second-order valence-electron chi connectivity index (χ2n) is 15.7. The summed E-state index contributed by atoms with van der Waals surface area (Å²) in [5.74, 6) is 2.53. The highest BCUT2D eigenvalue weighted by molar-refractivity contribution is 5.24. The van der Waals surface area contributed by atoms with Crippen LogP contribution in [0.3, 0.4) is 0 Å². The maximum Gasteiger partial charge on any atom is 0.0987 e. The van der Waals surface area contributed by atoms with Crippen molar-refractivity contribution < 1.29 is 14.9 Å². The third kappa shape index (κ3) is 2.74. The number of rotatable bonds is 0. The quantitative estimate of drug-likeness (QED) is 0.416. The van der Waals surface area contributed by atoms with Crippen LogP contribution in [-0.2, 0) is 4.74 Å². The Morgan fingerprint density at radius 1 is 0.606 bits per heavy atom. The van der Waals surface area contributed by atoms with Gasteiger partial charge >= 0.3 is 0 Å². The molecule has 3 heteroatoms. The van der Waals surface area contributed by atoms with Gasteiger partial charge < -0.3 is 14.9 Å². The monoisotopic (exact) mass is 458 g/mol. The summed E-state index contributed by atoms with van der Waals surface area (Å²) in [4.78, 5) is 0. The van der Waals surface area contributed by atoms with Gasteiger partial charge in [0.05, 0.1) is 23.9 Å². The molecule has 1 aliphatic heterocycles. The van der Waals surface area contributed by atoms with E-state index in [9.17, 15) is 10.2 Å². The first kappa shape index (κ1) is 23.3. The first-order chi connectivity index (χ1) is 15.2. The van der Waals surface area contributed by atoms with Crippen molar-refractivity contribution in [2.45, 2.75) is 137 Å². The standard InChI is InChI=1S/C30H50O3/c1-25(2)18-10-13-27(5)17-30-20(9-8-19(27)28(18,6)14-11-22(25)31)29(7)15-12-23(32)26(3,4)21(29)16-24(30)33-30/h18-24,31-32H,8-17H2,1-7H3. The highest BCUT2D eigenvalue weighted by Crippen LogP contribution is 2.76. The lowest BCUT2D eigenvalue weighted by atomic mass is 9.41. The van der Waals surface area contributed by atoms with Crippen LogP contribution in [0.15, 0.2) is 0 Å². The van der Waals surface area contributed by atoms with Crippen LogP contribution >= 0.6 is 0 Å². The van der Waals surface area contributed by atoms with Crippen LogP contribution in [0.2, 0.25) is 0 Å². The number of hydrogen-bond acceptors (Lipinski definition) is 3. The van der Waals surface area contributed by atoms with Crippen molar-refractivity contribution in [3.8, 4) is 0 Å². The summed E-state index contributed by atoms with van der Waals surface area (Å²) in [6.45, 7) is 17.2. The summed E-state index contributed by atoms with van der Waals surface area (Å²) in [5.41, 5.74) is 1.05. The number of hydrogen-bond donors (Lipinski definition) is 2. The molecule has 188 valence electrons. The van der Waals surface area contributed by atoms with Gasteiger partial charge in [-0.3, -0.25) is 0 Å². The van der Waals surface area contributed by atoms with Crippen LogP contribution in [-0.4, -0.2) is 34.1 Å². The zero-order valence-electron chi connectivity index (χ0n) is 22.4. The lowest BCUT2D eigenvalue weighted by molar-refractivity contribution is -0.173. The highest BCUT2D eigenvalue weighted by Gasteiger charge is 2.76. The Balaban J connectivity index is 1.38. The van der Waals surface area contributed by atoms with Gasteiger partial charge in [0, 0.05) is 0 Å². The molecule has 0 radical (unpaired) electrons. The number of fused-ring (bicyclic) bond motifs is 5. The maximum atomic E-state index is 10.9. The van der Waals surface area contributed by atoms with E-state index in [0.717, 1.165) is 31.6 Å². The summed E-state index contributed by atoms with van der Waals surface area (Å²) in [5, 5.41) is 21.8. The molecule has 0 aromatic heterocycles. The normalized spacial score (nSPS) is 60.8. The number of ether oxygens (including phenoxy) is 1. The third-order valence-electron chi connectivity index (χ3n) is 13.8. The highest BCUT2D eigenvalue weighted by atomic mass is 16.6. The lowest BCUT2D eigenvalue weighted by Crippen LogP contribution is -2.59. The molecule has 0 aromatic rings. The van der Waals surface area contributed by atoms with Gasteiger partial charge in [-0.05, 0) is 115 Å². The van der Waals surface area contributed by atoms with Crippen LogP contribution < -0.4 is 0 Å². The molecule has 6 aliphatic rings. The Morgan fingerprint density at radius 2 is 1.15 bits per heavy atom. The molecule has 5 saturated carbocycles. The molecule has 11 atom stereocenters. The van der Waals surface area contributed by atoms with Gasteiger partial charge in [-0.25, -0.2) is 0 Å². The van der Waals surface area contributed by atoms with E-state index < -0.39 is 0 Å². The van der Waals surface area contributed by atoms with Crippen LogP contribution in [0.5, 0.6) is 0 Å². The Labute approximate surface area is 202 Å². The van der Waals surface area contributed by atoms with Crippen LogP contribution in [0, 0.1) is 50.7 Å². The molecule has 3 nitrogen and oxygen atoms in total. The van der Waals surface area contributed by atoms with Gasteiger partial charge in [0.15, 0.2) is 0 Å². The Hall–Kier alpha value is -0.120. The van der Waals surface area contributed by atoms with E-state index in [1.165, 1.54) is 38.5 Å². The minimum atomic E-state index is -0.178. The molecular weight excluding hydrogens is 408 g/mol. The molecular formula is C30H50O3. The van der Waals surface area contributed by atoms with Crippen molar-refractivity contribution in [3.63, 3.8) is 0 Å². The van der Waals surface area contributed by atoms with Gasteiger partial charge in [0.2, 0.25) is 0 Å². The molecule has 6 rings (SSSR count). The fourth-order valence-electron chi connectivity index (χ4n) is 12.0. The fourth-order valence-corrected chi connectivity index (χ4v) is 12.0. The Kier molecular flexibility index (Phi) is 4.66. The van der Waals surface area contributed by atoms with Gasteiger partial charge in [-0.1, -0.05) is 48.5 Å². The molecule has 5 aliphatic carbocycles. The molecule has 0 amide bonds. The van der Waals surface area contributed by atoms with Crippen LogP contribution in [0.4, 0.5) is 0 Å². The van der Waals surface area contributed by atoms with E-state index in [-0.39, 0.29) is 34.1 Å². The second kappa shape index (κ2) is 6.60. The van der Waals surface area contributed by atoms with Crippen molar-refractivity contribution in [2.24, 2.45) is 50.7 Å². The number of epoxide rings is 1. The van der Waals surface area contributed by atoms with Crippen molar-refractivity contribution >= 4 is 0 Å². The number of aliphatic hydroxyl groups excluding tert-OH is 2. The molecule has 6 fully saturated rings. The van der Waals surface area contributed by atoms with Crippen LogP contribution in [0.1, 0.15) is 113 Å². The van der Waals surface area contributed by atoms with E-state index >= 15 is 0 Å². The van der Waals surface area contributed by atoms with Crippen molar-refractivity contribution in [1.82, 2.24) is 0 Å². The summed E-state index contributed by atoms with van der Waals surface area (Å²) >= 11 is 0. The van der Waals surface area contributed by atoms with Gasteiger partial charge in [-0.15, -0.1) is 0 Å². The van der Waals surface area contributed by atoms with Gasteiger partial charge in [0.1, 0.15) is 0 Å². The summed E-state index contributed by atoms with van der Waals surface area (Å²) in [6, 6.07) is 0. The fraction of sp³-hybridized carbons (Fsp3) is 1.00. The van der Waals surface area contributed by atoms with Gasteiger partial charge in [0.25, 0.3) is 0 Å². The van der Waals surface area contributed by atoms with E-state index in [1.54, 1.807) is 0 Å². The molecule has 11 unspecified atom stereocenters. The Bertz CT molecular complexity index is 816. The average Bonchev–Trinajstić information content (AvgIpc) is 3.43. The van der Waals surface area contributed by atoms with Gasteiger partial charge in [-0.2, -0.15) is 0 Å². The smallest absolute Gasteiger partial charge is 0.0987 e. The third-order valence-corrected chi connectivity index (χ3v) is 13.8. The predicted octanol–water partition coefficient (Wildman–Crippen LogP) is 6.35. The lowest BCUT2D eigenvalue weighted by Gasteiger charge is -2.63. The minimum absolute atomic E-state index is 0.0188. The maximum absolute atomic E-state index is 10.9. The molecule has 33 heavy (non-hydrogen) atoms. The van der Waals surface area contributed by atoms with Crippen molar-refractivity contribution in [2.75, 3.05) is 0 Å². The van der Waals surface area contributed by atoms with Crippen LogP contribution in [0.25, 0.3) is 0 Å². The average molecular weight is 459 g/mol. The zero-order valence-corrected chi connectivity index (χ0v) is 22.4. The first-order valence-corrected chi connectivity index (χ1v) is 14.3. The topological polar surface area (TPSA) is 53.0 Å². The zero-order chi connectivity index (χ0) is 23.8. The second-order valence-corrected chi connectivity index (χ2v) is 15.7. The molecule has 2 N–H and O–H groups in total. The van der Waals surface area contributed by atoms with E-state index in [0.29, 0.717) is 34.7 Å². The minimum Gasteiger partial charge on any atom is -0.393 e. The van der Waals surface area contributed by atoms with E-state index in [4.69, 9.17) is 4.74 Å². The molecule has 1 saturated heterocycles. The summed E-state index contributed by atoms with van der Waals surface area (Å²) < 4.78 is 6.85. The van der Waals surface area contributed by atoms with Crippen molar-refractivity contribution in [3.05, 3.63) is 0 Å².